The van der Waals surface area contributed by atoms with Gasteiger partial charge in [-0.05, 0) is 43.2 Å². The molecule has 2 aromatic carbocycles. The third-order valence-corrected chi connectivity index (χ3v) is 3.34. The molecule has 0 aliphatic carbocycles. The van der Waals surface area contributed by atoms with E-state index in [0.29, 0.717) is 12.1 Å². The monoisotopic (exact) mass is 296 g/mol. The molecule has 0 aliphatic heterocycles. The van der Waals surface area contributed by atoms with Crippen LogP contribution >= 0.6 is 0 Å². The van der Waals surface area contributed by atoms with Gasteiger partial charge in [-0.2, -0.15) is 0 Å². The molecule has 0 saturated carbocycles. The molecule has 0 atom stereocenters. The normalized spacial score (nSPS) is 10.1. The Morgan fingerprint density at radius 1 is 1.00 bits per heavy atom. The zero-order valence-corrected chi connectivity index (χ0v) is 12.8. The van der Waals surface area contributed by atoms with Crippen LogP contribution in [0, 0.1) is 13.8 Å². The molecule has 0 unspecified atom stereocenters. The van der Waals surface area contributed by atoms with E-state index in [4.69, 9.17) is 0 Å². The number of hydrogen-bond acceptors (Lipinski definition) is 2. The van der Waals surface area contributed by atoms with Gasteiger partial charge in [0.1, 0.15) is 0 Å². The third-order valence-electron chi connectivity index (χ3n) is 3.34. The fraction of sp³-hybridized carbons (Fsp3) is 0.222. The summed E-state index contributed by atoms with van der Waals surface area (Å²) in [7, 11) is 0. The maximum Gasteiger partial charge on any atom is 0.251 e. The van der Waals surface area contributed by atoms with E-state index in [9.17, 15) is 9.59 Å². The Labute approximate surface area is 130 Å². The maximum absolute atomic E-state index is 11.9. The molecule has 0 aromatic heterocycles. The minimum atomic E-state index is -0.167. The van der Waals surface area contributed by atoms with Crippen LogP contribution in [0.3, 0.4) is 0 Å². The van der Waals surface area contributed by atoms with Crippen molar-refractivity contribution in [1.29, 1.82) is 0 Å². The van der Waals surface area contributed by atoms with Gasteiger partial charge in [-0.3, -0.25) is 9.59 Å². The van der Waals surface area contributed by atoms with Gasteiger partial charge in [-0.15, -0.1) is 0 Å². The van der Waals surface area contributed by atoms with Gasteiger partial charge in [-0.25, -0.2) is 0 Å². The summed E-state index contributed by atoms with van der Waals surface area (Å²) in [4.78, 5) is 23.8. The summed E-state index contributed by atoms with van der Waals surface area (Å²) in [6, 6.07) is 14.9. The highest BCUT2D eigenvalue weighted by Gasteiger charge is 2.07. The second kappa shape index (κ2) is 7.41. The maximum atomic E-state index is 11.9. The molecule has 2 aromatic rings. The van der Waals surface area contributed by atoms with E-state index >= 15 is 0 Å². The highest BCUT2D eigenvalue weighted by molar-refractivity contribution is 5.95. The molecule has 0 saturated heterocycles. The summed E-state index contributed by atoms with van der Waals surface area (Å²) in [5, 5.41) is 5.62. The lowest BCUT2D eigenvalue weighted by molar-refractivity contribution is -0.116. The van der Waals surface area contributed by atoms with Gasteiger partial charge < -0.3 is 10.6 Å². The number of aryl methyl sites for hydroxylation is 2. The smallest absolute Gasteiger partial charge is 0.251 e. The Kier molecular flexibility index (Phi) is 5.31. The summed E-state index contributed by atoms with van der Waals surface area (Å²) in [5.74, 6) is -0.276. The van der Waals surface area contributed by atoms with Gasteiger partial charge in [0.25, 0.3) is 5.91 Å². The molecular formula is C18H20N2O2. The highest BCUT2D eigenvalue weighted by Crippen LogP contribution is 2.16. The van der Waals surface area contributed by atoms with Crippen LogP contribution in [0.25, 0.3) is 0 Å². The van der Waals surface area contributed by atoms with Crippen LogP contribution in [0.4, 0.5) is 5.69 Å². The largest absolute Gasteiger partial charge is 0.352 e. The van der Waals surface area contributed by atoms with E-state index in [2.05, 4.69) is 10.6 Å². The molecule has 2 N–H and O–H groups in total. The van der Waals surface area contributed by atoms with E-state index in [0.717, 1.165) is 16.8 Å². The summed E-state index contributed by atoms with van der Waals surface area (Å²) in [5.41, 5.74) is 3.53. The minimum Gasteiger partial charge on any atom is -0.352 e. The third kappa shape index (κ3) is 4.45. The van der Waals surface area contributed by atoms with Crippen LogP contribution in [-0.4, -0.2) is 18.4 Å². The predicted octanol–water partition coefficient (Wildman–Crippen LogP) is 3.06. The number of hydrogen-bond donors (Lipinski definition) is 2. The molecule has 0 radical (unpaired) electrons. The summed E-state index contributed by atoms with van der Waals surface area (Å²) in [6.45, 7) is 4.24. The van der Waals surface area contributed by atoms with Gasteiger partial charge in [0.15, 0.2) is 0 Å². The first kappa shape index (κ1) is 15.8. The Bertz CT molecular complexity index is 666. The van der Waals surface area contributed by atoms with Crippen LogP contribution in [0.5, 0.6) is 0 Å². The van der Waals surface area contributed by atoms with Crippen LogP contribution < -0.4 is 10.6 Å². The summed E-state index contributed by atoms with van der Waals surface area (Å²) in [6.07, 6.45) is 0.242. The topological polar surface area (TPSA) is 58.2 Å². The van der Waals surface area contributed by atoms with Crippen molar-refractivity contribution < 1.29 is 9.59 Å². The molecule has 0 fully saturated rings. The molecule has 2 amide bonds. The van der Waals surface area contributed by atoms with Crippen molar-refractivity contribution in [1.82, 2.24) is 5.32 Å². The first-order valence-electron chi connectivity index (χ1n) is 7.26. The standard InChI is InChI=1S/C18H20N2O2/c1-13-8-9-14(2)16(12-13)20-17(21)10-11-19-18(22)15-6-4-3-5-7-15/h3-9,12H,10-11H2,1-2H3,(H,19,22)(H,20,21). The van der Waals surface area contributed by atoms with Crippen molar-refractivity contribution in [2.75, 3.05) is 11.9 Å². The molecule has 0 aliphatic rings. The average Bonchev–Trinajstić information content (AvgIpc) is 2.51. The number of amides is 2. The van der Waals surface area contributed by atoms with Gasteiger partial charge in [0.05, 0.1) is 0 Å². The lowest BCUT2D eigenvalue weighted by atomic mass is 10.1. The second-order valence-electron chi connectivity index (χ2n) is 5.24. The molecular weight excluding hydrogens is 276 g/mol. The number of anilines is 1. The van der Waals surface area contributed by atoms with Gasteiger partial charge >= 0.3 is 0 Å². The molecule has 0 heterocycles. The zero-order chi connectivity index (χ0) is 15.9. The molecule has 114 valence electrons. The Morgan fingerprint density at radius 3 is 2.45 bits per heavy atom. The molecule has 2 rings (SSSR count). The predicted molar refractivity (Wildman–Crippen MR) is 87.9 cm³/mol. The van der Waals surface area contributed by atoms with E-state index in [-0.39, 0.29) is 18.2 Å². The minimum absolute atomic E-state index is 0.109. The van der Waals surface area contributed by atoms with Crippen molar-refractivity contribution in [3.05, 3.63) is 65.2 Å². The molecule has 4 nitrogen and oxygen atoms in total. The number of carbonyl (C=O) groups excluding carboxylic acids is 2. The number of benzene rings is 2. The second-order valence-corrected chi connectivity index (χ2v) is 5.24. The SMILES string of the molecule is Cc1ccc(C)c(NC(=O)CCNC(=O)c2ccccc2)c1. The fourth-order valence-electron chi connectivity index (χ4n) is 2.06. The van der Waals surface area contributed by atoms with E-state index < -0.39 is 0 Å². The van der Waals surface area contributed by atoms with Crippen LogP contribution in [0.2, 0.25) is 0 Å². The number of nitrogens with one attached hydrogen (secondary N) is 2. The molecule has 22 heavy (non-hydrogen) atoms. The summed E-state index contributed by atoms with van der Waals surface area (Å²) < 4.78 is 0. The first-order valence-corrected chi connectivity index (χ1v) is 7.26. The highest BCUT2D eigenvalue weighted by atomic mass is 16.2. The molecule has 4 heteroatoms. The van der Waals surface area contributed by atoms with Crippen molar-refractivity contribution in [3.63, 3.8) is 0 Å². The first-order chi connectivity index (χ1) is 10.6. The van der Waals surface area contributed by atoms with E-state index in [1.807, 2.05) is 50.2 Å². The van der Waals surface area contributed by atoms with Crippen molar-refractivity contribution in [3.8, 4) is 0 Å². The molecule has 0 bridgehead atoms. The lowest BCUT2D eigenvalue weighted by Gasteiger charge is -2.10. The van der Waals surface area contributed by atoms with Gasteiger partial charge in [0, 0.05) is 24.2 Å². The average molecular weight is 296 g/mol. The lowest BCUT2D eigenvalue weighted by Crippen LogP contribution is -2.27. The molecule has 0 spiro atoms. The van der Waals surface area contributed by atoms with Crippen molar-refractivity contribution in [2.45, 2.75) is 20.3 Å². The van der Waals surface area contributed by atoms with Crippen molar-refractivity contribution in [2.24, 2.45) is 0 Å². The number of rotatable bonds is 5. The van der Waals surface area contributed by atoms with Crippen molar-refractivity contribution >= 4 is 17.5 Å². The number of carbonyl (C=O) groups is 2. The Morgan fingerprint density at radius 2 is 1.73 bits per heavy atom. The fourth-order valence-corrected chi connectivity index (χ4v) is 2.06. The zero-order valence-electron chi connectivity index (χ0n) is 12.8. The van der Waals surface area contributed by atoms with Crippen LogP contribution in [0.15, 0.2) is 48.5 Å². The van der Waals surface area contributed by atoms with Gasteiger partial charge in [0.2, 0.25) is 5.91 Å². The van der Waals surface area contributed by atoms with E-state index in [1.54, 1.807) is 12.1 Å². The Balaban J connectivity index is 1.81. The summed E-state index contributed by atoms with van der Waals surface area (Å²) >= 11 is 0. The van der Waals surface area contributed by atoms with Gasteiger partial charge in [-0.1, -0.05) is 30.3 Å². The van der Waals surface area contributed by atoms with E-state index in [1.165, 1.54) is 0 Å². The Hall–Kier alpha value is -2.62. The van der Waals surface area contributed by atoms with Crippen LogP contribution in [-0.2, 0) is 4.79 Å². The van der Waals surface area contributed by atoms with Crippen LogP contribution in [0.1, 0.15) is 27.9 Å². The quantitative estimate of drug-likeness (QED) is 0.891.